The van der Waals surface area contributed by atoms with Crippen LogP contribution in [0.1, 0.15) is 28.8 Å². The predicted octanol–water partition coefficient (Wildman–Crippen LogP) is 2.93. The van der Waals surface area contributed by atoms with E-state index < -0.39 is 0 Å². The van der Waals surface area contributed by atoms with E-state index in [1.165, 1.54) is 18.6 Å². The Hall–Kier alpha value is -2.63. The van der Waals surface area contributed by atoms with Gasteiger partial charge in [0.2, 0.25) is 5.91 Å². The average molecular weight is 344 g/mol. The summed E-state index contributed by atoms with van der Waals surface area (Å²) in [7, 11) is 1.69. The molecule has 3 rings (SSSR count). The Morgan fingerprint density at radius 2 is 1.96 bits per heavy atom. The summed E-state index contributed by atoms with van der Waals surface area (Å²) in [6.45, 7) is 1.32. The molecular weight excluding hydrogens is 323 g/mol. The number of benzene rings is 1. The van der Waals surface area contributed by atoms with Gasteiger partial charge in [-0.1, -0.05) is 18.2 Å². The van der Waals surface area contributed by atoms with Crippen molar-refractivity contribution in [2.24, 2.45) is 5.92 Å². The van der Waals surface area contributed by atoms with Crippen LogP contribution < -0.4 is 0 Å². The largest absolute Gasteiger partial charge is 0.472 e. The second-order valence-electron chi connectivity index (χ2n) is 6.36. The molecule has 2 heterocycles. The minimum atomic E-state index is -0.303. The maximum absolute atomic E-state index is 13.7. The average Bonchev–Trinajstić information content (AvgIpc) is 3.17. The summed E-state index contributed by atoms with van der Waals surface area (Å²) in [4.78, 5) is 28.2. The Kier molecular flexibility index (Phi) is 5.16. The molecule has 1 aliphatic rings. The molecule has 25 heavy (non-hydrogen) atoms. The van der Waals surface area contributed by atoms with Crippen molar-refractivity contribution in [1.82, 2.24) is 9.80 Å². The number of hydrogen-bond donors (Lipinski definition) is 0. The zero-order chi connectivity index (χ0) is 17.8. The van der Waals surface area contributed by atoms with Crippen molar-refractivity contribution < 1.29 is 18.4 Å². The number of carbonyl (C=O) groups excluding carboxylic acids is 2. The van der Waals surface area contributed by atoms with E-state index in [4.69, 9.17) is 4.42 Å². The highest BCUT2D eigenvalue weighted by Gasteiger charge is 2.29. The fourth-order valence-electron chi connectivity index (χ4n) is 3.17. The van der Waals surface area contributed by atoms with Gasteiger partial charge in [0.15, 0.2) is 0 Å². The van der Waals surface area contributed by atoms with Crippen LogP contribution in [0.25, 0.3) is 0 Å². The van der Waals surface area contributed by atoms with Crippen LogP contribution in [-0.4, -0.2) is 41.8 Å². The zero-order valence-electron chi connectivity index (χ0n) is 14.2. The molecule has 132 valence electrons. The Balaban J connectivity index is 1.54. The fourth-order valence-corrected chi connectivity index (χ4v) is 3.17. The quantitative estimate of drug-likeness (QED) is 0.857. The first kappa shape index (κ1) is 17.2. The van der Waals surface area contributed by atoms with Crippen molar-refractivity contribution in [3.05, 3.63) is 59.8 Å². The molecule has 1 fully saturated rings. The minimum absolute atomic E-state index is 0.00124. The van der Waals surface area contributed by atoms with E-state index in [2.05, 4.69) is 0 Å². The molecule has 2 aromatic rings. The second-order valence-corrected chi connectivity index (χ2v) is 6.36. The molecule has 1 aromatic heterocycles. The summed E-state index contributed by atoms with van der Waals surface area (Å²) in [5.41, 5.74) is 1.03. The van der Waals surface area contributed by atoms with Crippen molar-refractivity contribution in [2.75, 3.05) is 20.1 Å². The van der Waals surface area contributed by atoms with E-state index in [0.29, 0.717) is 37.1 Å². The molecule has 2 amide bonds. The minimum Gasteiger partial charge on any atom is -0.472 e. The van der Waals surface area contributed by atoms with Crippen LogP contribution in [0.5, 0.6) is 0 Å². The molecule has 1 aromatic carbocycles. The van der Waals surface area contributed by atoms with E-state index in [9.17, 15) is 14.0 Å². The summed E-state index contributed by atoms with van der Waals surface area (Å²) in [5, 5.41) is 0. The molecular formula is C19H21FN2O3. The van der Waals surface area contributed by atoms with Crippen molar-refractivity contribution in [1.29, 1.82) is 0 Å². The van der Waals surface area contributed by atoms with Crippen LogP contribution >= 0.6 is 0 Å². The van der Waals surface area contributed by atoms with Gasteiger partial charge < -0.3 is 14.2 Å². The van der Waals surface area contributed by atoms with Gasteiger partial charge in [0.1, 0.15) is 12.1 Å². The van der Waals surface area contributed by atoms with Gasteiger partial charge >= 0.3 is 0 Å². The topological polar surface area (TPSA) is 53.8 Å². The Morgan fingerprint density at radius 1 is 1.24 bits per heavy atom. The molecule has 0 unspecified atom stereocenters. The van der Waals surface area contributed by atoms with Gasteiger partial charge in [0, 0.05) is 38.2 Å². The van der Waals surface area contributed by atoms with Gasteiger partial charge in [0.05, 0.1) is 11.8 Å². The van der Waals surface area contributed by atoms with Crippen molar-refractivity contribution in [3.8, 4) is 0 Å². The highest BCUT2D eigenvalue weighted by atomic mass is 19.1. The highest BCUT2D eigenvalue weighted by molar-refractivity contribution is 5.94. The normalized spacial score (nSPS) is 15.2. The predicted molar refractivity (Wildman–Crippen MR) is 90.2 cm³/mol. The Morgan fingerprint density at radius 3 is 2.60 bits per heavy atom. The van der Waals surface area contributed by atoms with Gasteiger partial charge in [0.25, 0.3) is 5.91 Å². The first-order valence-corrected chi connectivity index (χ1v) is 8.36. The number of carbonyl (C=O) groups is 2. The second kappa shape index (κ2) is 7.51. The number of nitrogens with zero attached hydrogens (tertiary/aromatic N) is 2. The van der Waals surface area contributed by atoms with Crippen LogP contribution in [0.2, 0.25) is 0 Å². The molecule has 0 saturated carbocycles. The third kappa shape index (κ3) is 3.90. The third-order valence-corrected chi connectivity index (χ3v) is 4.64. The van der Waals surface area contributed by atoms with Crippen LogP contribution in [0.15, 0.2) is 47.3 Å². The van der Waals surface area contributed by atoms with E-state index in [1.54, 1.807) is 41.1 Å². The lowest BCUT2D eigenvalue weighted by Gasteiger charge is -2.33. The van der Waals surface area contributed by atoms with Crippen molar-refractivity contribution >= 4 is 11.8 Å². The number of furan rings is 1. The zero-order valence-corrected chi connectivity index (χ0v) is 14.2. The van der Waals surface area contributed by atoms with Crippen LogP contribution in [0.3, 0.4) is 0 Å². The molecule has 6 heteroatoms. The van der Waals surface area contributed by atoms with Crippen LogP contribution in [-0.2, 0) is 11.3 Å². The molecule has 0 aliphatic carbocycles. The molecule has 0 atom stereocenters. The number of hydrogen-bond acceptors (Lipinski definition) is 3. The summed E-state index contributed by atoms with van der Waals surface area (Å²) >= 11 is 0. The maximum Gasteiger partial charge on any atom is 0.257 e. The van der Waals surface area contributed by atoms with Crippen LogP contribution in [0, 0.1) is 11.7 Å². The number of rotatable bonds is 4. The third-order valence-electron chi connectivity index (χ3n) is 4.64. The number of halogens is 1. The van der Waals surface area contributed by atoms with Crippen LogP contribution in [0.4, 0.5) is 4.39 Å². The van der Waals surface area contributed by atoms with E-state index in [1.807, 2.05) is 0 Å². The highest BCUT2D eigenvalue weighted by Crippen LogP contribution is 2.22. The molecule has 0 N–H and O–H groups in total. The Bertz CT molecular complexity index is 737. The van der Waals surface area contributed by atoms with E-state index in [0.717, 1.165) is 0 Å². The van der Waals surface area contributed by atoms with Crippen molar-refractivity contribution in [3.63, 3.8) is 0 Å². The first-order valence-electron chi connectivity index (χ1n) is 8.36. The maximum atomic E-state index is 13.7. The Labute approximate surface area is 146 Å². The van der Waals surface area contributed by atoms with E-state index in [-0.39, 0.29) is 30.1 Å². The lowest BCUT2D eigenvalue weighted by Crippen LogP contribution is -2.43. The summed E-state index contributed by atoms with van der Waals surface area (Å²) in [5.74, 6) is -0.508. The first-order chi connectivity index (χ1) is 12.1. The number of likely N-dealkylation sites (tertiary alicyclic amines) is 1. The molecule has 1 saturated heterocycles. The molecule has 0 radical (unpaired) electrons. The molecule has 1 aliphatic heterocycles. The molecule has 0 bridgehead atoms. The molecule has 0 spiro atoms. The standard InChI is InChI=1S/C19H21FN2O3/c1-21(12-15-4-2-3-5-17(15)20)18(23)14-6-9-22(10-7-14)19(24)16-8-11-25-13-16/h2-5,8,11,13-14H,6-7,9-10,12H2,1H3. The summed E-state index contributed by atoms with van der Waals surface area (Å²) in [6.07, 6.45) is 4.14. The number of amides is 2. The van der Waals surface area contributed by atoms with Gasteiger partial charge in [-0.2, -0.15) is 0 Å². The van der Waals surface area contributed by atoms with Crippen molar-refractivity contribution in [2.45, 2.75) is 19.4 Å². The lowest BCUT2D eigenvalue weighted by molar-refractivity contribution is -0.136. The SMILES string of the molecule is CN(Cc1ccccc1F)C(=O)C1CCN(C(=O)c2ccoc2)CC1. The summed E-state index contributed by atoms with van der Waals surface area (Å²) < 4.78 is 18.7. The van der Waals surface area contributed by atoms with Gasteiger partial charge in [-0.3, -0.25) is 9.59 Å². The number of piperidine rings is 1. The van der Waals surface area contributed by atoms with Gasteiger partial charge in [-0.05, 0) is 25.0 Å². The fraction of sp³-hybridized carbons (Fsp3) is 0.368. The monoisotopic (exact) mass is 344 g/mol. The molecule has 5 nitrogen and oxygen atoms in total. The lowest BCUT2D eigenvalue weighted by atomic mass is 9.95. The van der Waals surface area contributed by atoms with Gasteiger partial charge in [-0.25, -0.2) is 4.39 Å². The summed E-state index contributed by atoms with van der Waals surface area (Å²) in [6, 6.07) is 8.12. The van der Waals surface area contributed by atoms with E-state index >= 15 is 0 Å². The van der Waals surface area contributed by atoms with Gasteiger partial charge in [-0.15, -0.1) is 0 Å². The smallest absolute Gasteiger partial charge is 0.257 e.